The highest BCUT2D eigenvalue weighted by Gasteiger charge is 2.00. The van der Waals surface area contributed by atoms with E-state index in [1.807, 2.05) is 24.3 Å². The van der Waals surface area contributed by atoms with Gasteiger partial charge >= 0.3 is 0 Å². The topological polar surface area (TPSA) is 60.2 Å². The fraction of sp³-hybridized carbons (Fsp3) is 0.182. The number of ether oxygens (including phenoxy) is 1. The van der Waals surface area contributed by atoms with Crippen molar-refractivity contribution in [2.45, 2.75) is 6.54 Å². The molecule has 2 aromatic rings. The Morgan fingerprint density at radius 3 is 2.69 bits per heavy atom. The lowest BCUT2D eigenvalue weighted by atomic mass is 10.3. The normalized spacial score (nSPS) is 10.1. The molecule has 0 radical (unpaired) electrons. The highest BCUT2D eigenvalue weighted by atomic mass is 32.1. The van der Waals surface area contributed by atoms with Crippen LogP contribution in [0.2, 0.25) is 0 Å². The van der Waals surface area contributed by atoms with Crippen molar-refractivity contribution in [1.29, 1.82) is 0 Å². The van der Waals surface area contributed by atoms with Crippen LogP contribution >= 0.6 is 11.3 Å². The van der Waals surface area contributed by atoms with Gasteiger partial charge in [0.05, 0.1) is 7.11 Å². The van der Waals surface area contributed by atoms with E-state index in [2.05, 4.69) is 10.3 Å². The van der Waals surface area contributed by atoms with E-state index in [4.69, 9.17) is 10.5 Å². The van der Waals surface area contributed by atoms with Crippen LogP contribution in [0.25, 0.3) is 0 Å². The van der Waals surface area contributed by atoms with Crippen molar-refractivity contribution in [1.82, 2.24) is 4.98 Å². The molecule has 1 heterocycles. The van der Waals surface area contributed by atoms with Crippen LogP contribution in [0, 0.1) is 0 Å². The molecule has 0 saturated carbocycles. The number of rotatable bonds is 4. The highest BCUT2D eigenvalue weighted by molar-refractivity contribution is 7.15. The van der Waals surface area contributed by atoms with Gasteiger partial charge in [0.25, 0.3) is 0 Å². The number of hydrogen-bond acceptors (Lipinski definition) is 5. The van der Waals surface area contributed by atoms with Gasteiger partial charge in [-0.25, -0.2) is 4.98 Å². The largest absolute Gasteiger partial charge is 0.497 e. The first kappa shape index (κ1) is 10.9. The molecule has 3 N–H and O–H groups in total. The molecule has 2 rings (SSSR count). The summed E-state index contributed by atoms with van der Waals surface area (Å²) < 4.78 is 5.08. The van der Waals surface area contributed by atoms with Crippen molar-refractivity contribution in [3.63, 3.8) is 0 Å². The number of benzene rings is 1. The molecule has 0 bridgehead atoms. The minimum Gasteiger partial charge on any atom is -0.497 e. The second kappa shape index (κ2) is 4.96. The highest BCUT2D eigenvalue weighted by Crippen LogP contribution is 2.23. The Morgan fingerprint density at radius 2 is 2.12 bits per heavy atom. The van der Waals surface area contributed by atoms with Gasteiger partial charge in [0.15, 0.2) is 5.13 Å². The number of aromatic nitrogens is 1. The van der Waals surface area contributed by atoms with Crippen molar-refractivity contribution in [3.8, 4) is 5.75 Å². The van der Waals surface area contributed by atoms with Crippen LogP contribution in [-0.2, 0) is 6.54 Å². The maximum absolute atomic E-state index is 5.52. The molecule has 0 amide bonds. The van der Waals surface area contributed by atoms with Gasteiger partial charge in [0.2, 0.25) is 0 Å². The number of nitrogens with zero attached hydrogens (tertiary/aromatic N) is 1. The van der Waals surface area contributed by atoms with Gasteiger partial charge in [-0.1, -0.05) is 0 Å². The van der Waals surface area contributed by atoms with E-state index in [9.17, 15) is 0 Å². The minimum absolute atomic E-state index is 0.530. The monoisotopic (exact) mass is 235 g/mol. The van der Waals surface area contributed by atoms with E-state index in [-0.39, 0.29) is 0 Å². The molecule has 16 heavy (non-hydrogen) atoms. The van der Waals surface area contributed by atoms with Gasteiger partial charge in [-0.15, -0.1) is 11.3 Å². The zero-order chi connectivity index (χ0) is 11.4. The average Bonchev–Trinajstić information content (AvgIpc) is 2.78. The molecule has 0 aliphatic rings. The van der Waals surface area contributed by atoms with Crippen molar-refractivity contribution in [2.24, 2.45) is 5.73 Å². The zero-order valence-electron chi connectivity index (χ0n) is 8.93. The van der Waals surface area contributed by atoms with E-state index in [0.717, 1.165) is 21.4 Å². The predicted molar refractivity (Wildman–Crippen MR) is 66.3 cm³/mol. The van der Waals surface area contributed by atoms with Gasteiger partial charge in [-0.05, 0) is 24.3 Å². The Labute approximate surface area is 98.1 Å². The molecular formula is C11H13N3OS. The van der Waals surface area contributed by atoms with Gasteiger partial charge < -0.3 is 15.8 Å². The molecule has 0 aliphatic heterocycles. The first-order valence-corrected chi connectivity index (χ1v) is 5.69. The van der Waals surface area contributed by atoms with Crippen molar-refractivity contribution in [2.75, 3.05) is 12.4 Å². The summed E-state index contributed by atoms with van der Waals surface area (Å²) in [6, 6.07) is 7.70. The fourth-order valence-corrected chi connectivity index (χ4v) is 1.97. The summed E-state index contributed by atoms with van der Waals surface area (Å²) in [5.74, 6) is 0.840. The predicted octanol–water partition coefficient (Wildman–Crippen LogP) is 2.35. The van der Waals surface area contributed by atoms with E-state index in [1.54, 1.807) is 24.6 Å². The van der Waals surface area contributed by atoms with Crippen LogP contribution in [0.5, 0.6) is 5.75 Å². The summed E-state index contributed by atoms with van der Waals surface area (Å²) in [7, 11) is 1.65. The van der Waals surface area contributed by atoms with Crippen LogP contribution in [0.4, 0.5) is 10.8 Å². The molecular weight excluding hydrogens is 222 g/mol. The second-order valence-corrected chi connectivity index (χ2v) is 4.30. The van der Waals surface area contributed by atoms with Crippen molar-refractivity contribution >= 4 is 22.2 Å². The van der Waals surface area contributed by atoms with Crippen LogP contribution in [0.15, 0.2) is 30.5 Å². The van der Waals surface area contributed by atoms with Gasteiger partial charge in [-0.3, -0.25) is 0 Å². The van der Waals surface area contributed by atoms with E-state index >= 15 is 0 Å². The fourth-order valence-electron chi connectivity index (χ4n) is 1.26. The Hall–Kier alpha value is -1.59. The molecule has 0 spiro atoms. The number of nitrogens with two attached hydrogens (primary N) is 1. The quantitative estimate of drug-likeness (QED) is 0.854. The van der Waals surface area contributed by atoms with Crippen LogP contribution in [-0.4, -0.2) is 12.1 Å². The van der Waals surface area contributed by atoms with Crippen LogP contribution < -0.4 is 15.8 Å². The molecule has 84 valence electrons. The summed E-state index contributed by atoms with van der Waals surface area (Å²) in [4.78, 5) is 5.29. The summed E-state index contributed by atoms with van der Waals surface area (Å²) in [6.45, 7) is 0.530. The molecule has 1 aromatic carbocycles. The Kier molecular flexibility index (Phi) is 3.38. The van der Waals surface area contributed by atoms with Gasteiger partial charge in [-0.2, -0.15) is 0 Å². The lowest BCUT2D eigenvalue weighted by Gasteiger charge is -2.03. The van der Waals surface area contributed by atoms with Crippen LogP contribution in [0.1, 0.15) is 4.88 Å². The molecule has 0 fully saturated rings. The SMILES string of the molecule is COc1ccc(Nc2ncc(CN)s2)cc1. The summed E-state index contributed by atoms with van der Waals surface area (Å²) >= 11 is 1.56. The maximum atomic E-state index is 5.52. The van der Waals surface area contributed by atoms with Crippen molar-refractivity contribution in [3.05, 3.63) is 35.3 Å². The minimum atomic E-state index is 0.530. The van der Waals surface area contributed by atoms with Gasteiger partial charge in [0.1, 0.15) is 5.75 Å². The van der Waals surface area contributed by atoms with E-state index in [1.165, 1.54) is 0 Å². The lowest BCUT2D eigenvalue weighted by molar-refractivity contribution is 0.415. The maximum Gasteiger partial charge on any atom is 0.187 e. The molecule has 0 unspecified atom stereocenters. The molecule has 0 atom stereocenters. The first-order chi connectivity index (χ1) is 7.81. The Bertz CT molecular complexity index is 453. The number of thiazole rings is 1. The Morgan fingerprint density at radius 1 is 1.38 bits per heavy atom. The number of methoxy groups -OCH3 is 1. The number of hydrogen-bond donors (Lipinski definition) is 2. The third kappa shape index (κ3) is 2.50. The smallest absolute Gasteiger partial charge is 0.187 e. The summed E-state index contributed by atoms with van der Waals surface area (Å²) in [6.07, 6.45) is 1.79. The van der Waals surface area contributed by atoms with Crippen molar-refractivity contribution < 1.29 is 4.74 Å². The molecule has 1 aromatic heterocycles. The van der Waals surface area contributed by atoms with Crippen LogP contribution in [0.3, 0.4) is 0 Å². The lowest BCUT2D eigenvalue weighted by Crippen LogP contribution is -1.91. The summed E-state index contributed by atoms with van der Waals surface area (Å²) in [5, 5.41) is 4.06. The van der Waals surface area contributed by atoms with E-state index in [0.29, 0.717) is 6.54 Å². The number of anilines is 2. The first-order valence-electron chi connectivity index (χ1n) is 4.87. The molecule has 5 heteroatoms. The van der Waals surface area contributed by atoms with E-state index < -0.39 is 0 Å². The molecule has 0 aliphatic carbocycles. The third-order valence-corrected chi connectivity index (χ3v) is 3.03. The molecule has 0 saturated heterocycles. The average molecular weight is 235 g/mol. The second-order valence-electron chi connectivity index (χ2n) is 3.19. The molecule has 4 nitrogen and oxygen atoms in total. The van der Waals surface area contributed by atoms with Gasteiger partial charge in [0, 0.05) is 23.3 Å². The Balaban J connectivity index is 2.08. The summed E-state index contributed by atoms with van der Waals surface area (Å²) in [5.41, 5.74) is 6.51. The standard InChI is InChI=1S/C11H13N3OS/c1-15-9-4-2-8(3-5-9)14-11-13-7-10(6-12)16-11/h2-5,7H,6,12H2,1H3,(H,13,14). The number of nitrogens with one attached hydrogen (secondary N) is 1. The third-order valence-electron chi connectivity index (χ3n) is 2.10. The zero-order valence-corrected chi connectivity index (χ0v) is 9.75.